The van der Waals surface area contributed by atoms with Gasteiger partial charge in [0.15, 0.2) is 0 Å². The highest BCUT2D eigenvalue weighted by atomic mass is 15.4. The van der Waals surface area contributed by atoms with Crippen LogP contribution in [0.2, 0.25) is 0 Å². The molecule has 0 bridgehead atoms. The van der Waals surface area contributed by atoms with E-state index in [-0.39, 0.29) is 0 Å². The Morgan fingerprint density at radius 1 is 1.00 bits per heavy atom. The fourth-order valence-electron chi connectivity index (χ4n) is 3.13. The number of allylic oxidation sites excluding steroid dienone is 1. The molecule has 1 aliphatic heterocycles. The minimum absolute atomic E-state index is 0.699. The summed E-state index contributed by atoms with van der Waals surface area (Å²) in [5.41, 5.74) is 5.20. The van der Waals surface area contributed by atoms with Crippen molar-refractivity contribution in [3.63, 3.8) is 0 Å². The normalized spacial score (nSPS) is 17.2. The Morgan fingerprint density at radius 3 is 2.16 bits per heavy atom. The fraction of sp³-hybridized carbons (Fsp3) is 0.318. The van der Waals surface area contributed by atoms with Crippen LogP contribution in [-0.2, 0) is 0 Å². The first-order valence-corrected chi connectivity index (χ1v) is 8.83. The number of nitriles is 1. The lowest BCUT2D eigenvalue weighted by atomic mass is 10.0. The Labute approximate surface area is 151 Å². The van der Waals surface area contributed by atoms with E-state index in [2.05, 4.69) is 56.3 Å². The van der Waals surface area contributed by atoms with Gasteiger partial charge in [0.25, 0.3) is 0 Å². The van der Waals surface area contributed by atoms with Gasteiger partial charge in [0.05, 0.1) is 51.9 Å². The maximum atomic E-state index is 9.49. The number of aryl methyl sites for hydroxylation is 1. The van der Waals surface area contributed by atoms with E-state index in [0.717, 1.165) is 28.7 Å². The van der Waals surface area contributed by atoms with Crippen LogP contribution in [0, 0.1) is 18.3 Å². The third kappa shape index (κ3) is 4.29. The molecule has 1 saturated heterocycles. The summed E-state index contributed by atoms with van der Waals surface area (Å²) in [7, 11) is 4.58. The largest absolute Gasteiger partial charge is 0.360 e. The molecule has 25 heavy (non-hydrogen) atoms. The summed E-state index contributed by atoms with van der Waals surface area (Å²) in [5, 5.41) is 9.49. The molecule has 0 atom stereocenters. The summed E-state index contributed by atoms with van der Waals surface area (Å²) < 4.78 is 1.10. The lowest BCUT2D eigenvalue weighted by molar-refractivity contribution is -0.890. The molecule has 1 fully saturated rings. The maximum Gasteiger partial charge on any atom is 0.0998 e. The average Bonchev–Trinajstić information content (AvgIpc) is 2.61. The van der Waals surface area contributed by atoms with E-state index in [1.807, 2.05) is 30.3 Å². The van der Waals surface area contributed by atoms with Gasteiger partial charge in [-0.05, 0) is 36.3 Å². The third-order valence-electron chi connectivity index (χ3n) is 5.00. The van der Waals surface area contributed by atoms with Gasteiger partial charge in [-0.1, -0.05) is 42.0 Å². The van der Waals surface area contributed by atoms with Crippen molar-refractivity contribution in [2.24, 2.45) is 0 Å². The lowest BCUT2D eigenvalue weighted by Crippen LogP contribution is -2.54. The Bertz CT molecular complexity index is 783. The van der Waals surface area contributed by atoms with Crippen LogP contribution in [0.25, 0.3) is 11.6 Å². The molecule has 128 valence electrons. The molecule has 1 heterocycles. The molecule has 3 heteroatoms. The van der Waals surface area contributed by atoms with Gasteiger partial charge in [0.2, 0.25) is 0 Å². The molecular weight excluding hydrogens is 306 g/mol. The smallest absolute Gasteiger partial charge is 0.0998 e. The minimum atomic E-state index is 0.699. The molecule has 1 aliphatic rings. The predicted octanol–water partition coefficient (Wildman–Crippen LogP) is 3.96. The SMILES string of the molecule is Cc1ccc(/C(C#N)=C/c2ccc(N3CC[N+](C)(C)CC3)cc2)cc1. The van der Waals surface area contributed by atoms with Crippen LogP contribution < -0.4 is 4.90 Å². The van der Waals surface area contributed by atoms with Crippen LogP contribution in [0.4, 0.5) is 5.69 Å². The fourth-order valence-corrected chi connectivity index (χ4v) is 3.13. The van der Waals surface area contributed by atoms with E-state index in [4.69, 9.17) is 0 Å². The number of anilines is 1. The van der Waals surface area contributed by atoms with E-state index in [0.29, 0.717) is 5.57 Å². The third-order valence-corrected chi connectivity index (χ3v) is 5.00. The molecule has 0 radical (unpaired) electrons. The van der Waals surface area contributed by atoms with Crippen LogP contribution >= 0.6 is 0 Å². The van der Waals surface area contributed by atoms with Gasteiger partial charge < -0.3 is 9.38 Å². The zero-order valence-electron chi connectivity index (χ0n) is 15.4. The molecule has 2 aromatic carbocycles. The van der Waals surface area contributed by atoms with Gasteiger partial charge in [-0.25, -0.2) is 0 Å². The predicted molar refractivity (Wildman–Crippen MR) is 105 cm³/mol. The van der Waals surface area contributed by atoms with E-state index in [9.17, 15) is 5.26 Å². The van der Waals surface area contributed by atoms with Crippen molar-refractivity contribution in [2.75, 3.05) is 45.2 Å². The highest BCUT2D eigenvalue weighted by Crippen LogP contribution is 2.22. The Hall–Kier alpha value is -2.57. The molecule has 3 nitrogen and oxygen atoms in total. The second-order valence-electron chi connectivity index (χ2n) is 7.50. The Balaban J connectivity index is 1.75. The molecule has 0 amide bonds. The van der Waals surface area contributed by atoms with Crippen molar-refractivity contribution in [3.05, 3.63) is 65.2 Å². The first kappa shape index (κ1) is 17.3. The summed E-state index contributed by atoms with van der Waals surface area (Å²) >= 11 is 0. The van der Waals surface area contributed by atoms with E-state index >= 15 is 0 Å². The van der Waals surface area contributed by atoms with E-state index in [1.165, 1.54) is 24.3 Å². The molecule has 0 unspecified atom stereocenters. The minimum Gasteiger partial charge on any atom is -0.360 e. The zero-order valence-corrected chi connectivity index (χ0v) is 15.4. The van der Waals surface area contributed by atoms with Crippen molar-refractivity contribution in [2.45, 2.75) is 6.92 Å². The maximum absolute atomic E-state index is 9.49. The monoisotopic (exact) mass is 332 g/mol. The number of nitrogens with zero attached hydrogens (tertiary/aromatic N) is 3. The van der Waals surface area contributed by atoms with Crippen molar-refractivity contribution < 1.29 is 4.48 Å². The Morgan fingerprint density at radius 2 is 1.60 bits per heavy atom. The van der Waals surface area contributed by atoms with Gasteiger partial charge in [0.1, 0.15) is 0 Å². The van der Waals surface area contributed by atoms with Crippen molar-refractivity contribution >= 4 is 17.3 Å². The Kier molecular flexibility index (Phi) is 4.92. The molecule has 0 N–H and O–H groups in total. The van der Waals surface area contributed by atoms with Crippen LogP contribution in [0.1, 0.15) is 16.7 Å². The molecule has 2 aromatic rings. The average molecular weight is 332 g/mol. The number of hydrogen-bond donors (Lipinski definition) is 0. The number of quaternary nitrogens is 1. The highest BCUT2D eigenvalue weighted by molar-refractivity contribution is 5.89. The number of rotatable bonds is 3. The van der Waals surface area contributed by atoms with Crippen LogP contribution in [-0.4, -0.2) is 44.8 Å². The van der Waals surface area contributed by atoms with Crippen molar-refractivity contribution in [3.8, 4) is 6.07 Å². The first-order valence-electron chi connectivity index (χ1n) is 8.83. The van der Waals surface area contributed by atoms with Gasteiger partial charge in [-0.2, -0.15) is 5.26 Å². The van der Waals surface area contributed by atoms with E-state index < -0.39 is 0 Å². The second kappa shape index (κ2) is 7.13. The summed E-state index contributed by atoms with van der Waals surface area (Å²) in [4.78, 5) is 2.45. The summed E-state index contributed by atoms with van der Waals surface area (Å²) in [6, 6.07) is 19.0. The first-order chi connectivity index (χ1) is 12.0. The van der Waals surface area contributed by atoms with Crippen LogP contribution in [0.15, 0.2) is 48.5 Å². The number of hydrogen-bond acceptors (Lipinski definition) is 2. The van der Waals surface area contributed by atoms with Gasteiger partial charge in [-0.15, -0.1) is 0 Å². The molecule has 0 aromatic heterocycles. The zero-order chi connectivity index (χ0) is 17.9. The topological polar surface area (TPSA) is 27.0 Å². The lowest BCUT2D eigenvalue weighted by Gasteiger charge is -2.40. The molecular formula is C22H26N3+. The van der Waals surface area contributed by atoms with Crippen LogP contribution in [0.3, 0.4) is 0 Å². The molecule has 0 spiro atoms. The van der Waals surface area contributed by atoms with Crippen molar-refractivity contribution in [1.82, 2.24) is 0 Å². The number of piperazine rings is 1. The number of benzene rings is 2. The quantitative estimate of drug-likeness (QED) is 0.483. The molecule has 0 saturated carbocycles. The summed E-state index contributed by atoms with van der Waals surface area (Å²) in [5.74, 6) is 0. The van der Waals surface area contributed by atoms with E-state index in [1.54, 1.807) is 0 Å². The second-order valence-corrected chi connectivity index (χ2v) is 7.50. The summed E-state index contributed by atoms with van der Waals surface area (Å²) in [6.45, 7) is 6.59. The van der Waals surface area contributed by atoms with Gasteiger partial charge >= 0.3 is 0 Å². The molecule has 0 aliphatic carbocycles. The highest BCUT2D eigenvalue weighted by Gasteiger charge is 2.24. The van der Waals surface area contributed by atoms with Gasteiger partial charge in [-0.3, -0.25) is 0 Å². The summed E-state index contributed by atoms with van der Waals surface area (Å²) in [6.07, 6.45) is 1.96. The molecule has 3 rings (SSSR count). The number of likely N-dealkylation sites (N-methyl/N-ethyl adjacent to an activating group) is 1. The van der Waals surface area contributed by atoms with Crippen LogP contribution in [0.5, 0.6) is 0 Å². The van der Waals surface area contributed by atoms with Crippen molar-refractivity contribution in [1.29, 1.82) is 5.26 Å². The standard InChI is InChI=1S/C22H26N3/c1-18-4-8-20(9-5-18)21(17-23)16-19-6-10-22(11-7-19)24-12-14-25(2,3)15-13-24/h4-11,16H,12-15H2,1-3H3/q+1/b21-16+. The van der Waals surface area contributed by atoms with Gasteiger partial charge in [0, 0.05) is 5.69 Å².